The summed E-state index contributed by atoms with van der Waals surface area (Å²) in [6, 6.07) is 6.04. The number of rotatable bonds is 19. The van der Waals surface area contributed by atoms with Crippen molar-refractivity contribution in [1.82, 2.24) is 19.6 Å². The molecule has 310 valence electrons. The van der Waals surface area contributed by atoms with Crippen molar-refractivity contribution < 1.29 is 57.8 Å². The number of nitrogens with zero attached hydrogens (tertiary/aromatic N) is 4. The zero-order valence-electron chi connectivity index (χ0n) is 33.0. The lowest BCUT2D eigenvalue weighted by Gasteiger charge is -2.36. The third kappa shape index (κ3) is 14.5. The summed E-state index contributed by atoms with van der Waals surface area (Å²) in [6.45, 7) is 11.0. The van der Waals surface area contributed by atoms with E-state index in [-0.39, 0.29) is 96.9 Å². The maximum atomic E-state index is 13.1. The van der Waals surface area contributed by atoms with E-state index in [2.05, 4.69) is 12.1 Å². The lowest BCUT2D eigenvalue weighted by molar-refractivity contribution is -0.144. The quantitative estimate of drug-likeness (QED) is 0.0908. The Morgan fingerprint density at radius 3 is 1.89 bits per heavy atom. The van der Waals surface area contributed by atoms with Crippen LogP contribution >= 0.6 is 7.82 Å². The highest BCUT2D eigenvalue weighted by atomic mass is 31.2. The first-order chi connectivity index (χ1) is 26.4. The second-order valence-electron chi connectivity index (χ2n) is 14.4. The van der Waals surface area contributed by atoms with Gasteiger partial charge < -0.3 is 29.4 Å². The van der Waals surface area contributed by atoms with Crippen LogP contribution in [0.4, 0.5) is 0 Å². The van der Waals surface area contributed by atoms with Gasteiger partial charge in [0, 0.05) is 58.8 Å². The maximum Gasteiger partial charge on any atom is 0.527 e. The molecule has 0 bridgehead atoms. The van der Waals surface area contributed by atoms with Crippen LogP contribution in [0.15, 0.2) is 24.3 Å². The van der Waals surface area contributed by atoms with Gasteiger partial charge in [-0.1, -0.05) is 17.7 Å². The van der Waals surface area contributed by atoms with E-state index in [1.807, 2.05) is 38.7 Å². The highest BCUT2D eigenvalue weighted by molar-refractivity contribution is 7.47. The molecule has 0 saturated carbocycles. The number of aryl methyl sites for hydroxylation is 5. The Labute approximate surface area is 328 Å². The second kappa shape index (κ2) is 22.1. The highest BCUT2D eigenvalue weighted by Crippen LogP contribution is 2.46. The number of carboxylic acid groups (broad SMARTS) is 3. The lowest BCUT2D eigenvalue weighted by atomic mass is 9.90. The lowest BCUT2D eigenvalue weighted by Crippen LogP contribution is -2.52. The molecule has 2 aromatic carbocycles. The number of carbonyl (C=O) groups excluding carboxylic acids is 2. The molecule has 56 heavy (non-hydrogen) atoms. The predicted molar refractivity (Wildman–Crippen MR) is 209 cm³/mol. The molecule has 2 aromatic rings. The minimum absolute atomic E-state index is 0.0302. The molecule has 3 atom stereocenters. The number of hydrogen-bond donors (Lipinski definition) is 4. The largest absolute Gasteiger partial charge is 0.527 e. The van der Waals surface area contributed by atoms with Crippen molar-refractivity contribution in [2.75, 3.05) is 72.1 Å². The van der Waals surface area contributed by atoms with Crippen LogP contribution in [0.1, 0.15) is 53.5 Å². The number of phosphoric ester groups is 1. The van der Waals surface area contributed by atoms with Crippen LogP contribution in [0.3, 0.4) is 0 Å². The summed E-state index contributed by atoms with van der Waals surface area (Å²) in [5.41, 5.74) is 6.95. The molecule has 0 radical (unpaired) electrons. The van der Waals surface area contributed by atoms with Gasteiger partial charge in [0.05, 0.1) is 25.7 Å². The van der Waals surface area contributed by atoms with Gasteiger partial charge >= 0.3 is 25.7 Å². The van der Waals surface area contributed by atoms with Crippen LogP contribution in [0.25, 0.3) is 11.1 Å². The Balaban J connectivity index is 1.71. The summed E-state index contributed by atoms with van der Waals surface area (Å²) in [6.07, 6.45) is 1.36. The first-order valence-electron chi connectivity index (χ1n) is 18.8. The van der Waals surface area contributed by atoms with E-state index in [1.165, 1.54) is 0 Å². The average Bonchev–Trinajstić information content (AvgIpc) is 3.09. The minimum atomic E-state index is -4.60. The zero-order chi connectivity index (χ0) is 41.6. The van der Waals surface area contributed by atoms with E-state index in [9.17, 15) is 43.6 Å². The van der Waals surface area contributed by atoms with Crippen molar-refractivity contribution in [3.05, 3.63) is 52.1 Å². The Kier molecular flexibility index (Phi) is 18.3. The molecule has 17 heteroatoms. The van der Waals surface area contributed by atoms with E-state index in [1.54, 1.807) is 27.7 Å². The van der Waals surface area contributed by atoms with E-state index in [0.717, 1.165) is 39.7 Å². The summed E-state index contributed by atoms with van der Waals surface area (Å²) < 4.78 is 23.9. The van der Waals surface area contributed by atoms with Crippen LogP contribution in [0, 0.1) is 34.6 Å². The number of phosphoric acid groups is 1. The Hall–Kier alpha value is -4.02. The normalized spacial score (nSPS) is 17.8. The van der Waals surface area contributed by atoms with E-state index in [4.69, 9.17) is 14.2 Å². The fraction of sp³-hybridized carbons (Fsp3) is 0.564. The van der Waals surface area contributed by atoms with Gasteiger partial charge in [-0.05, 0) is 99.4 Å². The zero-order valence-corrected chi connectivity index (χ0v) is 33.9. The van der Waals surface area contributed by atoms with Gasteiger partial charge in [-0.15, -0.1) is 0 Å². The fourth-order valence-corrected chi connectivity index (χ4v) is 8.10. The SMILES string of the molecule is Cc1cc(C)c(-c2cc(C)c(OP(=O)(O)OCCC[C@H](C(=O)O)N3CCN(CC=O)CCN([C@@H](C=O)CCC(=O)O)CCN(CC(=O)O)CC3)cc2C)c(C)c1. The van der Waals surface area contributed by atoms with Gasteiger partial charge in [0.25, 0.3) is 0 Å². The molecule has 1 aliphatic heterocycles. The Morgan fingerprint density at radius 1 is 0.768 bits per heavy atom. The van der Waals surface area contributed by atoms with Crippen molar-refractivity contribution in [1.29, 1.82) is 0 Å². The van der Waals surface area contributed by atoms with Crippen molar-refractivity contribution in [3.8, 4) is 16.9 Å². The fourth-order valence-electron chi connectivity index (χ4n) is 7.25. The molecule has 16 nitrogen and oxygen atoms in total. The first-order valence-corrected chi connectivity index (χ1v) is 20.3. The van der Waals surface area contributed by atoms with Crippen LogP contribution in [-0.2, 0) is 33.1 Å². The van der Waals surface area contributed by atoms with Crippen molar-refractivity contribution in [3.63, 3.8) is 0 Å². The number of aliphatic carboxylic acids is 3. The van der Waals surface area contributed by atoms with Gasteiger partial charge in [-0.2, -0.15) is 0 Å². The van der Waals surface area contributed by atoms with E-state index < -0.39 is 37.8 Å². The molecule has 4 N–H and O–H groups in total. The maximum absolute atomic E-state index is 13.1. The van der Waals surface area contributed by atoms with Crippen molar-refractivity contribution in [2.24, 2.45) is 0 Å². The molecular weight excluding hydrogens is 747 g/mol. The second-order valence-corrected chi connectivity index (χ2v) is 15.8. The topological polar surface area (TPSA) is 215 Å². The van der Waals surface area contributed by atoms with Crippen LogP contribution in [0.2, 0.25) is 0 Å². The monoisotopic (exact) mass is 804 g/mol. The summed E-state index contributed by atoms with van der Waals surface area (Å²) in [4.78, 5) is 76.7. The molecule has 3 rings (SSSR count). The first kappa shape index (κ1) is 46.4. The number of benzene rings is 2. The molecule has 0 amide bonds. The standard InChI is InChI=1S/C39H57N4O12P/c1-27-21-30(4)38(31(5)22-27)33-23-29(3)35(24-28(33)2)55-56(52,53)54-20-6-7-34(39(50)51)43-16-11-40(18-19-44)10-14-42(32(26-45)8-9-36(46)47)15-12-41(13-17-43)25-37(48)49/h19,21-24,26,32,34H,6-18,20,25H2,1-5H3,(H,46,47)(H,48,49)(H,50,51)(H,52,53)/t32-,34-/m1/s1. The number of aldehydes is 2. The molecule has 0 aliphatic carbocycles. The predicted octanol–water partition coefficient (Wildman–Crippen LogP) is 3.56. The number of carboxylic acids is 3. The summed E-state index contributed by atoms with van der Waals surface area (Å²) >= 11 is 0. The van der Waals surface area contributed by atoms with Crippen LogP contribution in [-0.4, -0.2) is 154 Å². The van der Waals surface area contributed by atoms with Crippen molar-refractivity contribution in [2.45, 2.75) is 72.4 Å². The smallest absolute Gasteiger partial charge is 0.481 e. The summed E-state index contributed by atoms with van der Waals surface area (Å²) in [5.74, 6) is -3.09. The molecule has 0 spiro atoms. The van der Waals surface area contributed by atoms with Crippen LogP contribution < -0.4 is 4.52 Å². The summed E-state index contributed by atoms with van der Waals surface area (Å²) in [7, 11) is -4.60. The van der Waals surface area contributed by atoms with Gasteiger partial charge in [0.15, 0.2) is 0 Å². The van der Waals surface area contributed by atoms with E-state index >= 15 is 0 Å². The molecular formula is C39H57N4O12P. The van der Waals surface area contributed by atoms with Gasteiger partial charge in [-0.3, -0.25) is 43.4 Å². The average molecular weight is 805 g/mol. The Bertz CT molecular complexity index is 1720. The molecule has 1 saturated heterocycles. The number of carbonyl (C=O) groups is 5. The van der Waals surface area contributed by atoms with Crippen LogP contribution in [0.5, 0.6) is 5.75 Å². The molecule has 1 fully saturated rings. The molecule has 1 unspecified atom stereocenters. The molecule has 1 heterocycles. The Morgan fingerprint density at radius 2 is 1.36 bits per heavy atom. The highest BCUT2D eigenvalue weighted by Gasteiger charge is 2.30. The minimum Gasteiger partial charge on any atom is -0.481 e. The van der Waals surface area contributed by atoms with Gasteiger partial charge in [-0.25, -0.2) is 4.57 Å². The van der Waals surface area contributed by atoms with Gasteiger partial charge in [0.2, 0.25) is 0 Å². The van der Waals surface area contributed by atoms with Crippen molar-refractivity contribution >= 4 is 38.3 Å². The molecule has 0 aromatic heterocycles. The van der Waals surface area contributed by atoms with Gasteiger partial charge in [0.1, 0.15) is 24.4 Å². The number of hydrogen-bond acceptors (Lipinski definition) is 12. The third-order valence-corrected chi connectivity index (χ3v) is 11.0. The van der Waals surface area contributed by atoms with E-state index in [0.29, 0.717) is 18.4 Å². The summed E-state index contributed by atoms with van der Waals surface area (Å²) in [5, 5.41) is 29.1. The third-order valence-electron chi connectivity index (χ3n) is 10.1. The molecule has 1 aliphatic rings.